The summed E-state index contributed by atoms with van der Waals surface area (Å²) in [7, 11) is 0. The lowest BCUT2D eigenvalue weighted by molar-refractivity contribution is -0.122. The number of aryl methyl sites for hydroxylation is 1. The van der Waals surface area contributed by atoms with Crippen LogP contribution in [0.25, 0.3) is 0 Å². The number of nitrogen functional groups attached to an aromatic ring is 1. The quantitative estimate of drug-likeness (QED) is 0.836. The highest BCUT2D eigenvalue weighted by molar-refractivity contribution is 5.76. The van der Waals surface area contributed by atoms with Crippen LogP contribution < -0.4 is 11.1 Å². The first kappa shape index (κ1) is 14.5. The van der Waals surface area contributed by atoms with Crippen LogP contribution in [-0.2, 0) is 11.3 Å². The minimum Gasteiger partial charge on any atom is -0.396 e. The van der Waals surface area contributed by atoms with Gasteiger partial charge in [-0.1, -0.05) is 20.8 Å². The van der Waals surface area contributed by atoms with Crippen molar-refractivity contribution in [2.45, 2.75) is 47.6 Å². The van der Waals surface area contributed by atoms with Crippen molar-refractivity contribution in [3.05, 3.63) is 11.4 Å². The number of aromatic nitrogens is 2. The third-order valence-corrected chi connectivity index (χ3v) is 3.45. The highest BCUT2D eigenvalue weighted by Gasteiger charge is 2.17. The Morgan fingerprint density at radius 1 is 1.44 bits per heavy atom. The van der Waals surface area contributed by atoms with E-state index < -0.39 is 0 Å². The molecule has 1 amide bonds. The molecular weight excluding hydrogens is 228 g/mol. The summed E-state index contributed by atoms with van der Waals surface area (Å²) < 4.78 is 1.65. The Hall–Kier alpha value is -1.52. The summed E-state index contributed by atoms with van der Waals surface area (Å²) in [5.74, 6) is -0.0258. The van der Waals surface area contributed by atoms with E-state index in [4.69, 9.17) is 5.73 Å². The Balaban J connectivity index is 2.58. The van der Waals surface area contributed by atoms with Gasteiger partial charge in [-0.25, -0.2) is 0 Å². The highest BCUT2D eigenvalue weighted by atomic mass is 16.2. The second-order valence-corrected chi connectivity index (χ2v) is 5.54. The average Bonchev–Trinajstić information content (AvgIpc) is 2.55. The first-order chi connectivity index (χ1) is 8.26. The molecule has 1 heterocycles. The number of rotatable bonds is 5. The molecule has 1 aromatic rings. The molecule has 0 aromatic carbocycles. The summed E-state index contributed by atoms with van der Waals surface area (Å²) in [6.07, 6.45) is 1.03. The molecule has 0 atom stereocenters. The van der Waals surface area contributed by atoms with Gasteiger partial charge in [-0.2, -0.15) is 5.10 Å². The third kappa shape index (κ3) is 3.48. The SMILES string of the molecule is CCC(C)(C)CNC(=O)Cn1nc(C)c(N)c1C. The van der Waals surface area contributed by atoms with Gasteiger partial charge in [-0.05, 0) is 25.7 Å². The second kappa shape index (κ2) is 5.42. The van der Waals surface area contributed by atoms with Gasteiger partial charge in [0.15, 0.2) is 0 Å². The van der Waals surface area contributed by atoms with Gasteiger partial charge in [0.1, 0.15) is 6.54 Å². The summed E-state index contributed by atoms with van der Waals surface area (Å²) >= 11 is 0. The van der Waals surface area contributed by atoms with Crippen molar-refractivity contribution in [3.63, 3.8) is 0 Å². The molecule has 0 saturated carbocycles. The summed E-state index contributed by atoms with van der Waals surface area (Å²) in [6.45, 7) is 11.0. The number of nitrogens with two attached hydrogens (primary N) is 1. The van der Waals surface area contributed by atoms with E-state index in [0.29, 0.717) is 12.2 Å². The van der Waals surface area contributed by atoms with Crippen molar-refractivity contribution in [1.82, 2.24) is 15.1 Å². The lowest BCUT2D eigenvalue weighted by Crippen LogP contribution is -2.36. The zero-order valence-corrected chi connectivity index (χ0v) is 12.0. The van der Waals surface area contributed by atoms with E-state index in [9.17, 15) is 4.79 Å². The molecule has 0 bridgehead atoms. The highest BCUT2D eigenvalue weighted by Crippen LogP contribution is 2.18. The van der Waals surface area contributed by atoms with Crippen LogP contribution in [0.2, 0.25) is 0 Å². The Morgan fingerprint density at radius 2 is 2.06 bits per heavy atom. The van der Waals surface area contributed by atoms with E-state index in [1.165, 1.54) is 0 Å². The lowest BCUT2D eigenvalue weighted by Gasteiger charge is -2.22. The maximum Gasteiger partial charge on any atom is 0.241 e. The van der Waals surface area contributed by atoms with Gasteiger partial charge in [0.2, 0.25) is 5.91 Å². The third-order valence-electron chi connectivity index (χ3n) is 3.45. The number of hydrogen-bond acceptors (Lipinski definition) is 3. The van der Waals surface area contributed by atoms with Gasteiger partial charge in [0.05, 0.1) is 17.1 Å². The van der Waals surface area contributed by atoms with E-state index in [0.717, 1.165) is 17.8 Å². The normalized spacial score (nSPS) is 11.6. The maximum atomic E-state index is 11.8. The first-order valence-corrected chi connectivity index (χ1v) is 6.33. The van der Waals surface area contributed by atoms with Crippen LogP contribution in [-0.4, -0.2) is 22.2 Å². The minimum atomic E-state index is -0.0258. The monoisotopic (exact) mass is 252 g/mol. The summed E-state index contributed by atoms with van der Waals surface area (Å²) in [5, 5.41) is 7.18. The zero-order valence-electron chi connectivity index (χ0n) is 12.0. The predicted molar refractivity (Wildman–Crippen MR) is 73.2 cm³/mol. The largest absolute Gasteiger partial charge is 0.396 e. The molecule has 0 aliphatic heterocycles. The van der Waals surface area contributed by atoms with Gasteiger partial charge in [-0.3, -0.25) is 9.48 Å². The van der Waals surface area contributed by atoms with E-state index in [1.807, 2.05) is 13.8 Å². The molecule has 0 radical (unpaired) electrons. The van der Waals surface area contributed by atoms with Gasteiger partial charge in [-0.15, -0.1) is 0 Å². The van der Waals surface area contributed by atoms with Crippen LogP contribution >= 0.6 is 0 Å². The lowest BCUT2D eigenvalue weighted by atomic mass is 9.90. The van der Waals surface area contributed by atoms with Crippen LogP contribution in [0.4, 0.5) is 5.69 Å². The molecule has 102 valence electrons. The van der Waals surface area contributed by atoms with Crippen molar-refractivity contribution in [2.24, 2.45) is 5.41 Å². The number of carbonyl (C=O) groups is 1. The summed E-state index contributed by atoms with van der Waals surface area (Å²) in [6, 6.07) is 0. The molecule has 3 N–H and O–H groups in total. The fraction of sp³-hybridized carbons (Fsp3) is 0.692. The molecule has 0 aliphatic carbocycles. The Bertz CT molecular complexity index is 434. The molecule has 0 unspecified atom stereocenters. The molecule has 0 fully saturated rings. The molecule has 0 aliphatic rings. The van der Waals surface area contributed by atoms with Crippen LogP contribution in [0.3, 0.4) is 0 Å². The standard InChI is InChI=1S/C13H24N4O/c1-6-13(4,5)8-15-11(18)7-17-10(3)12(14)9(2)16-17/h6-8,14H2,1-5H3,(H,15,18). The number of anilines is 1. The fourth-order valence-electron chi connectivity index (χ4n) is 1.52. The molecular formula is C13H24N4O. The Morgan fingerprint density at radius 3 is 2.50 bits per heavy atom. The van der Waals surface area contributed by atoms with Gasteiger partial charge >= 0.3 is 0 Å². The minimum absolute atomic E-state index is 0.0258. The fourth-order valence-corrected chi connectivity index (χ4v) is 1.52. The number of nitrogens with zero attached hydrogens (tertiary/aromatic N) is 2. The predicted octanol–water partition coefficient (Wildman–Crippen LogP) is 1.63. The molecule has 1 rings (SSSR count). The van der Waals surface area contributed by atoms with Gasteiger partial charge in [0.25, 0.3) is 0 Å². The second-order valence-electron chi connectivity index (χ2n) is 5.54. The molecule has 1 aromatic heterocycles. The molecule has 18 heavy (non-hydrogen) atoms. The van der Waals surface area contributed by atoms with Crippen LogP contribution in [0.5, 0.6) is 0 Å². The van der Waals surface area contributed by atoms with E-state index in [1.54, 1.807) is 4.68 Å². The Kier molecular flexibility index (Phi) is 4.38. The number of nitrogens with one attached hydrogen (secondary N) is 1. The summed E-state index contributed by atoms with van der Waals surface area (Å²) in [4.78, 5) is 11.8. The molecule has 0 saturated heterocycles. The van der Waals surface area contributed by atoms with Crippen molar-refractivity contribution in [3.8, 4) is 0 Å². The average molecular weight is 252 g/mol. The van der Waals surface area contributed by atoms with Crippen molar-refractivity contribution in [1.29, 1.82) is 0 Å². The van der Waals surface area contributed by atoms with Crippen LogP contribution in [0.15, 0.2) is 0 Å². The van der Waals surface area contributed by atoms with Crippen molar-refractivity contribution in [2.75, 3.05) is 12.3 Å². The van der Waals surface area contributed by atoms with E-state index in [2.05, 4.69) is 31.2 Å². The number of carbonyl (C=O) groups excluding carboxylic acids is 1. The van der Waals surface area contributed by atoms with E-state index in [-0.39, 0.29) is 17.9 Å². The maximum absolute atomic E-state index is 11.8. The summed E-state index contributed by atoms with van der Waals surface area (Å²) in [5.41, 5.74) is 8.24. The molecule has 5 heteroatoms. The van der Waals surface area contributed by atoms with Crippen LogP contribution in [0, 0.1) is 19.3 Å². The number of hydrogen-bond donors (Lipinski definition) is 2. The zero-order chi connectivity index (χ0) is 13.9. The topological polar surface area (TPSA) is 72.9 Å². The van der Waals surface area contributed by atoms with Gasteiger partial charge < -0.3 is 11.1 Å². The van der Waals surface area contributed by atoms with Crippen molar-refractivity contribution < 1.29 is 4.79 Å². The Labute approximate surface area is 109 Å². The molecule has 0 spiro atoms. The number of amides is 1. The van der Waals surface area contributed by atoms with Crippen molar-refractivity contribution >= 4 is 11.6 Å². The smallest absolute Gasteiger partial charge is 0.241 e. The molecule has 5 nitrogen and oxygen atoms in total. The van der Waals surface area contributed by atoms with Gasteiger partial charge in [0, 0.05) is 6.54 Å². The van der Waals surface area contributed by atoms with E-state index >= 15 is 0 Å². The van der Waals surface area contributed by atoms with Crippen LogP contribution in [0.1, 0.15) is 38.6 Å². The first-order valence-electron chi connectivity index (χ1n) is 6.33.